The number of hydroxylamine groups is 1. The van der Waals surface area contributed by atoms with Crippen molar-refractivity contribution >= 4 is 0 Å². The largest absolute Gasteiger partial charge is 0.302 e. The first-order chi connectivity index (χ1) is 18.3. The summed E-state index contributed by atoms with van der Waals surface area (Å²) in [4.78, 5) is 5.81. The predicted molar refractivity (Wildman–Crippen MR) is 168 cm³/mol. The topological polar surface area (TPSA) is 21.3 Å². The summed E-state index contributed by atoms with van der Waals surface area (Å²) in [7, 11) is 0. The highest BCUT2D eigenvalue weighted by Crippen LogP contribution is 2.20. The average Bonchev–Trinajstić information content (AvgIpc) is 2.91. The van der Waals surface area contributed by atoms with Gasteiger partial charge < -0.3 is 4.84 Å². The lowest BCUT2D eigenvalue weighted by atomic mass is 9.94. The molecule has 0 aliphatic heterocycles. The van der Waals surface area contributed by atoms with Gasteiger partial charge in [-0.1, -0.05) is 188 Å². The molecule has 0 fully saturated rings. The minimum Gasteiger partial charge on any atom is -0.302 e. The lowest BCUT2D eigenvalue weighted by Gasteiger charge is -2.17. The molecular weight excluding hydrogens is 450 g/mol. The van der Waals surface area contributed by atoms with Gasteiger partial charge in [0.1, 0.15) is 0 Å². The molecule has 1 atom stereocenters. The van der Waals surface area contributed by atoms with Crippen LogP contribution in [0.3, 0.4) is 0 Å². The fourth-order valence-electron chi connectivity index (χ4n) is 5.56. The third-order valence-corrected chi connectivity index (χ3v) is 8.21. The van der Waals surface area contributed by atoms with Crippen LogP contribution in [0.2, 0.25) is 0 Å². The zero-order valence-electron chi connectivity index (χ0n) is 26.4. The fourth-order valence-corrected chi connectivity index (χ4v) is 5.56. The molecule has 1 unspecified atom stereocenters. The molecule has 37 heavy (non-hydrogen) atoms. The summed E-state index contributed by atoms with van der Waals surface area (Å²) in [6.45, 7) is 8.70. The van der Waals surface area contributed by atoms with Crippen molar-refractivity contribution < 1.29 is 4.84 Å². The zero-order valence-corrected chi connectivity index (χ0v) is 26.4. The maximum atomic E-state index is 5.81. The van der Waals surface area contributed by atoms with Crippen LogP contribution >= 0.6 is 0 Å². The Kier molecular flexibility index (Phi) is 33.9. The Morgan fingerprint density at radius 2 is 0.676 bits per heavy atom. The molecule has 0 aliphatic rings. The molecule has 0 spiro atoms. The van der Waals surface area contributed by atoms with Crippen molar-refractivity contribution in [3.63, 3.8) is 0 Å². The van der Waals surface area contributed by atoms with Crippen molar-refractivity contribution in [1.82, 2.24) is 5.48 Å². The number of nitrogens with one attached hydrogen (secondary N) is 1. The van der Waals surface area contributed by atoms with Crippen LogP contribution < -0.4 is 5.48 Å². The summed E-state index contributed by atoms with van der Waals surface area (Å²) in [5.74, 6) is 0.754. The van der Waals surface area contributed by atoms with Crippen molar-refractivity contribution in [3.8, 4) is 0 Å². The van der Waals surface area contributed by atoms with Crippen LogP contribution in [0, 0.1) is 5.92 Å². The van der Waals surface area contributed by atoms with Gasteiger partial charge in [-0.2, -0.15) is 0 Å². The summed E-state index contributed by atoms with van der Waals surface area (Å²) in [5.41, 5.74) is 3.16. The lowest BCUT2D eigenvalue weighted by molar-refractivity contribution is 0.0126. The van der Waals surface area contributed by atoms with E-state index in [1.54, 1.807) is 0 Å². The Morgan fingerprint density at radius 1 is 0.378 bits per heavy atom. The van der Waals surface area contributed by atoms with Gasteiger partial charge in [0.15, 0.2) is 0 Å². The number of hydrogen-bond acceptors (Lipinski definition) is 2. The van der Waals surface area contributed by atoms with Gasteiger partial charge in [-0.15, -0.1) is 0 Å². The van der Waals surface area contributed by atoms with Crippen molar-refractivity contribution in [2.24, 2.45) is 5.92 Å². The summed E-state index contributed by atoms with van der Waals surface area (Å²) in [5, 5.41) is 0. The van der Waals surface area contributed by atoms with Crippen LogP contribution in [0.4, 0.5) is 0 Å². The molecule has 0 saturated heterocycles. The van der Waals surface area contributed by atoms with E-state index in [2.05, 4.69) is 26.3 Å². The average molecular weight is 524 g/mol. The summed E-state index contributed by atoms with van der Waals surface area (Å²) >= 11 is 0. The van der Waals surface area contributed by atoms with Crippen molar-refractivity contribution in [2.75, 3.05) is 13.2 Å². The molecule has 224 valence electrons. The van der Waals surface area contributed by atoms with E-state index in [4.69, 9.17) is 4.84 Å². The van der Waals surface area contributed by atoms with Crippen LogP contribution in [-0.2, 0) is 4.84 Å². The second kappa shape index (κ2) is 33.9. The molecule has 0 heterocycles. The Morgan fingerprint density at radius 3 is 0.973 bits per heavy atom. The molecule has 0 aromatic rings. The van der Waals surface area contributed by atoms with Gasteiger partial charge in [0, 0.05) is 6.54 Å². The number of hydrogen-bond donors (Lipinski definition) is 1. The molecule has 0 amide bonds. The second-order valence-electron chi connectivity index (χ2n) is 12.1. The van der Waals surface area contributed by atoms with E-state index >= 15 is 0 Å². The lowest BCUT2D eigenvalue weighted by Crippen LogP contribution is -2.21. The second-order valence-corrected chi connectivity index (χ2v) is 12.1. The van der Waals surface area contributed by atoms with Crippen LogP contribution in [0.25, 0.3) is 0 Å². The van der Waals surface area contributed by atoms with E-state index in [0.29, 0.717) is 0 Å². The molecule has 0 aromatic carbocycles. The summed E-state index contributed by atoms with van der Waals surface area (Å²) < 4.78 is 0. The summed E-state index contributed by atoms with van der Waals surface area (Å²) in [6.07, 6.45) is 41.4. The van der Waals surface area contributed by atoms with Crippen molar-refractivity contribution in [1.29, 1.82) is 0 Å². The minimum absolute atomic E-state index is 0.754. The zero-order chi connectivity index (χ0) is 26.9. The van der Waals surface area contributed by atoms with Gasteiger partial charge in [-0.3, -0.25) is 0 Å². The Labute approximate surface area is 236 Å². The van der Waals surface area contributed by atoms with E-state index in [1.807, 2.05) is 0 Å². The van der Waals surface area contributed by atoms with Crippen LogP contribution in [0.1, 0.15) is 207 Å². The van der Waals surface area contributed by atoms with E-state index in [0.717, 1.165) is 25.5 Å². The third-order valence-electron chi connectivity index (χ3n) is 8.21. The van der Waals surface area contributed by atoms with Gasteiger partial charge in [-0.05, 0) is 25.2 Å². The molecule has 0 bridgehead atoms. The van der Waals surface area contributed by atoms with Crippen LogP contribution in [0.5, 0.6) is 0 Å². The van der Waals surface area contributed by atoms with Gasteiger partial charge in [0.2, 0.25) is 0 Å². The highest BCUT2D eigenvalue weighted by molar-refractivity contribution is 4.61. The Bertz CT molecular complexity index is 385. The molecule has 2 nitrogen and oxygen atoms in total. The molecule has 0 rings (SSSR count). The van der Waals surface area contributed by atoms with Crippen molar-refractivity contribution in [3.05, 3.63) is 0 Å². The van der Waals surface area contributed by atoms with E-state index in [1.165, 1.54) is 180 Å². The first-order valence-electron chi connectivity index (χ1n) is 17.7. The standard InChI is InChI=1S/C35H73NO/c1-4-7-9-11-13-15-17-19-20-22-24-26-28-30-32-35(34-37-36-33-6-3)31-29-27-25-23-21-18-16-14-12-10-8-5-2/h35-36H,4-34H2,1-3H3. The normalized spacial score (nSPS) is 12.4. The molecular formula is C35H73NO. The molecule has 2 heteroatoms. The van der Waals surface area contributed by atoms with Gasteiger partial charge in [0.25, 0.3) is 0 Å². The monoisotopic (exact) mass is 524 g/mol. The van der Waals surface area contributed by atoms with Gasteiger partial charge in [0.05, 0.1) is 6.61 Å². The highest BCUT2D eigenvalue weighted by Gasteiger charge is 2.09. The molecule has 0 radical (unpaired) electrons. The Hall–Kier alpha value is -0.0800. The quantitative estimate of drug-likeness (QED) is 0.0682. The van der Waals surface area contributed by atoms with Crippen molar-refractivity contribution in [2.45, 2.75) is 207 Å². The first-order valence-corrected chi connectivity index (χ1v) is 17.7. The van der Waals surface area contributed by atoms with Gasteiger partial charge >= 0.3 is 0 Å². The fraction of sp³-hybridized carbons (Fsp3) is 1.00. The smallest absolute Gasteiger partial charge is 0.0710 e. The maximum Gasteiger partial charge on any atom is 0.0710 e. The minimum atomic E-state index is 0.754. The van der Waals surface area contributed by atoms with Gasteiger partial charge in [-0.25, -0.2) is 5.48 Å². The number of rotatable bonds is 33. The third kappa shape index (κ3) is 32.0. The van der Waals surface area contributed by atoms with E-state index in [9.17, 15) is 0 Å². The molecule has 0 saturated carbocycles. The predicted octanol–water partition coefficient (Wildman–Crippen LogP) is 12.5. The summed E-state index contributed by atoms with van der Waals surface area (Å²) in [6, 6.07) is 0. The SMILES string of the molecule is CCCCCCCCCCCCCCCCC(CCCCCCCCCCCCCC)CONCCC. The molecule has 1 N–H and O–H groups in total. The Balaban J connectivity index is 3.63. The van der Waals surface area contributed by atoms with Crippen LogP contribution in [-0.4, -0.2) is 13.2 Å². The van der Waals surface area contributed by atoms with E-state index < -0.39 is 0 Å². The van der Waals surface area contributed by atoms with E-state index in [-0.39, 0.29) is 0 Å². The molecule has 0 aliphatic carbocycles. The molecule has 0 aromatic heterocycles. The maximum absolute atomic E-state index is 5.81. The highest BCUT2D eigenvalue weighted by atomic mass is 16.6. The first kappa shape index (κ1) is 36.9. The van der Waals surface area contributed by atoms with Crippen LogP contribution in [0.15, 0.2) is 0 Å². The number of unbranched alkanes of at least 4 members (excludes halogenated alkanes) is 24.